The molecule has 1 aliphatic heterocycles. The summed E-state index contributed by atoms with van der Waals surface area (Å²) < 4.78 is 1.00. The number of hydrogen-bond acceptors (Lipinski definition) is 3. The molecule has 0 radical (unpaired) electrons. The molecule has 120 valence electrons. The summed E-state index contributed by atoms with van der Waals surface area (Å²) in [4.78, 5) is 16.7. The first-order valence-corrected chi connectivity index (χ1v) is 8.14. The van der Waals surface area contributed by atoms with E-state index in [1.807, 2.05) is 42.5 Å². The average Bonchev–Trinajstić information content (AvgIpc) is 3.01. The topological polar surface area (TPSA) is 41.5 Å². The number of ketones is 1. The Hall–Kier alpha value is -1.65. The SMILES string of the molecule is Cl.O=C(Cc1cccc(Br)c1)Cc1cccc(C2=NCCN2)c1. The Bertz CT molecular complexity index is 730. The maximum Gasteiger partial charge on any atom is 0.141 e. The van der Waals surface area contributed by atoms with E-state index in [4.69, 9.17) is 0 Å². The number of rotatable bonds is 5. The molecule has 3 rings (SSSR count). The summed E-state index contributed by atoms with van der Waals surface area (Å²) in [5.74, 6) is 1.15. The van der Waals surface area contributed by atoms with E-state index < -0.39 is 0 Å². The minimum atomic E-state index is 0. The highest BCUT2D eigenvalue weighted by Crippen LogP contribution is 2.14. The smallest absolute Gasteiger partial charge is 0.141 e. The van der Waals surface area contributed by atoms with Crippen LogP contribution in [0.1, 0.15) is 16.7 Å². The van der Waals surface area contributed by atoms with Gasteiger partial charge in [0.05, 0.1) is 6.54 Å². The fourth-order valence-electron chi connectivity index (χ4n) is 2.58. The number of carbonyl (C=O) groups is 1. The lowest BCUT2D eigenvalue weighted by Crippen LogP contribution is -2.19. The van der Waals surface area contributed by atoms with Crippen molar-refractivity contribution in [3.05, 3.63) is 69.7 Å². The normalized spacial score (nSPS) is 13.0. The second-order valence-corrected chi connectivity index (χ2v) is 6.30. The van der Waals surface area contributed by atoms with E-state index in [1.165, 1.54) is 0 Å². The molecule has 5 heteroatoms. The van der Waals surface area contributed by atoms with Gasteiger partial charge in [-0.05, 0) is 29.3 Å². The van der Waals surface area contributed by atoms with Gasteiger partial charge >= 0.3 is 0 Å². The molecular formula is C18H18BrClN2O. The van der Waals surface area contributed by atoms with Gasteiger partial charge in [-0.1, -0.05) is 46.3 Å². The summed E-state index contributed by atoms with van der Waals surface area (Å²) in [6.45, 7) is 1.71. The highest BCUT2D eigenvalue weighted by atomic mass is 79.9. The lowest BCUT2D eigenvalue weighted by atomic mass is 10.0. The predicted molar refractivity (Wildman–Crippen MR) is 99.7 cm³/mol. The van der Waals surface area contributed by atoms with Crippen molar-refractivity contribution >= 4 is 40.0 Å². The standard InChI is InChI=1S/C18H17BrN2O.ClH/c19-16-6-2-4-14(10-16)12-17(22)11-13-3-1-5-15(9-13)18-20-7-8-21-18;/h1-6,9-10H,7-8,11-12H2,(H,20,21);1H. The van der Waals surface area contributed by atoms with Gasteiger partial charge in [0.15, 0.2) is 0 Å². The molecule has 3 nitrogen and oxygen atoms in total. The summed E-state index contributed by atoms with van der Waals surface area (Å²) in [5, 5.41) is 3.26. The highest BCUT2D eigenvalue weighted by Gasteiger charge is 2.10. The second-order valence-electron chi connectivity index (χ2n) is 5.38. The van der Waals surface area contributed by atoms with Crippen molar-refractivity contribution in [1.29, 1.82) is 0 Å². The first-order chi connectivity index (χ1) is 10.7. The van der Waals surface area contributed by atoms with Crippen molar-refractivity contribution in [3.8, 4) is 0 Å². The van der Waals surface area contributed by atoms with Crippen molar-refractivity contribution in [2.24, 2.45) is 4.99 Å². The number of benzene rings is 2. The second kappa shape index (κ2) is 8.27. The monoisotopic (exact) mass is 392 g/mol. The van der Waals surface area contributed by atoms with Crippen LogP contribution in [0.25, 0.3) is 0 Å². The third-order valence-corrected chi connectivity index (χ3v) is 4.06. The molecule has 0 aromatic heterocycles. The zero-order valence-electron chi connectivity index (χ0n) is 12.6. The van der Waals surface area contributed by atoms with E-state index >= 15 is 0 Å². The fourth-order valence-corrected chi connectivity index (χ4v) is 3.03. The van der Waals surface area contributed by atoms with Gasteiger partial charge in [-0.2, -0.15) is 0 Å². The Kier molecular flexibility index (Phi) is 6.37. The van der Waals surface area contributed by atoms with Crippen LogP contribution in [0.15, 0.2) is 58.0 Å². The van der Waals surface area contributed by atoms with E-state index in [1.54, 1.807) is 0 Å². The molecule has 1 N–H and O–H groups in total. The van der Waals surface area contributed by atoms with Crippen LogP contribution in [0.2, 0.25) is 0 Å². The predicted octanol–water partition coefficient (Wildman–Crippen LogP) is 3.58. The van der Waals surface area contributed by atoms with Gasteiger partial charge in [0.2, 0.25) is 0 Å². The molecule has 1 heterocycles. The van der Waals surface area contributed by atoms with Crippen LogP contribution in [0, 0.1) is 0 Å². The molecule has 0 spiro atoms. The van der Waals surface area contributed by atoms with E-state index in [0.717, 1.165) is 40.1 Å². The Morgan fingerprint density at radius 3 is 2.43 bits per heavy atom. The van der Waals surface area contributed by atoms with Crippen LogP contribution >= 0.6 is 28.3 Å². The molecule has 0 amide bonds. The maximum absolute atomic E-state index is 12.3. The minimum absolute atomic E-state index is 0. The zero-order chi connectivity index (χ0) is 15.4. The highest BCUT2D eigenvalue weighted by molar-refractivity contribution is 9.10. The number of halogens is 2. The first kappa shape index (κ1) is 17.7. The quantitative estimate of drug-likeness (QED) is 0.843. The van der Waals surface area contributed by atoms with E-state index in [-0.39, 0.29) is 18.2 Å². The molecule has 0 saturated carbocycles. The Balaban J connectivity index is 0.00000192. The Morgan fingerprint density at radius 2 is 1.78 bits per heavy atom. The molecular weight excluding hydrogens is 376 g/mol. The average molecular weight is 394 g/mol. The van der Waals surface area contributed by atoms with Crippen molar-refractivity contribution in [3.63, 3.8) is 0 Å². The zero-order valence-corrected chi connectivity index (χ0v) is 15.0. The van der Waals surface area contributed by atoms with Crippen LogP contribution in [-0.2, 0) is 17.6 Å². The molecule has 0 atom stereocenters. The summed E-state index contributed by atoms with van der Waals surface area (Å²) in [5.41, 5.74) is 3.14. The summed E-state index contributed by atoms with van der Waals surface area (Å²) in [7, 11) is 0. The van der Waals surface area contributed by atoms with Crippen LogP contribution in [0.4, 0.5) is 0 Å². The van der Waals surface area contributed by atoms with Gasteiger partial charge in [-0.3, -0.25) is 9.79 Å². The number of amidine groups is 1. The number of carbonyl (C=O) groups excluding carboxylic acids is 1. The van der Waals surface area contributed by atoms with Crippen molar-refractivity contribution in [1.82, 2.24) is 5.32 Å². The summed E-state index contributed by atoms with van der Waals surface area (Å²) in [6, 6.07) is 16.0. The van der Waals surface area contributed by atoms with E-state index in [9.17, 15) is 4.79 Å². The Morgan fingerprint density at radius 1 is 1.09 bits per heavy atom. The van der Waals surface area contributed by atoms with Crippen LogP contribution in [0.5, 0.6) is 0 Å². The number of nitrogens with zero attached hydrogens (tertiary/aromatic N) is 1. The number of hydrogen-bond donors (Lipinski definition) is 1. The molecule has 2 aromatic carbocycles. The minimum Gasteiger partial charge on any atom is -0.368 e. The lowest BCUT2D eigenvalue weighted by molar-refractivity contribution is -0.117. The van der Waals surface area contributed by atoms with Gasteiger partial charge in [-0.15, -0.1) is 12.4 Å². The van der Waals surface area contributed by atoms with Gasteiger partial charge in [0.25, 0.3) is 0 Å². The molecule has 1 aliphatic rings. The molecule has 0 saturated heterocycles. The number of Topliss-reactive ketones (excluding diaryl/α,β-unsaturated/α-hetero) is 1. The van der Waals surface area contributed by atoms with Crippen molar-refractivity contribution in [2.45, 2.75) is 12.8 Å². The molecule has 0 aliphatic carbocycles. The van der Waals surface area contributed by atoms with Gasteiger partial charge < -0.3 is 5.32 Å². The van der Waals surface area contributed by atoms with Gasteiger partial charge in [0, 0.05) is 29.4 Å². The van der Waals surface area contributed by atoms with Gasteiger partial charge in [-0.25, -0.2) is 0 Å². The largest absolute Gasteiger partial charge is 0.368 e. The van der Waals surface area contributed by atoms with Crippen LogP contribution in [0.3, 0.4) is 0 Å². The van der Waals surface area contributed by atoms with Crippen LogP contribution in [-0.4, -0.2) is 24.7 Å². The molecule has 0 bridgehead atoms. The third-order valence-electron chi connectivity index (χ3n) is 3.57. The third kappa shape index (κ3) is 4.91. The lowest BCUT2D eigenvalue weighted by Gasteiger charge is -2.06. The fraction of sp³-hybridized carbons (Fsp3) is 0.222. The summed E-state index contributed by atoms with van der Waals surface area (Å²) in [6.07, 6.45) is 0.913. The number of nitrogens with one attached hydrogen (secondary N) is 1. The van der Waals surface area contributed by atoms with Gasteiger partial charge in [0.1, 0.15) is 11.6 Å². The Labute approximate surface area is 150 Å². The van der Waals surface area contributed by atoms with Crippen molar-refractivity contribution in [2.75, 3.05) is 13.1 Å². The van der Waals surface area contributed by atoms with Crippen LogP contribution < -0.4 is 5.32 Å². The van der Waals surface area contributed by atoms with Crippen molar-refractivity contribution < 1.29 is 4.79 Å². The summed E-state index contributed by atoms with van der Waals surface area (Å²) >= 11 is 3.43. The molecule has 0 fully saturated rings. The first-order valence-electron chi connectivity index (χ1n) is 7.34. The molecule has 23 heavy (non-hydrogen) atoms. The molecule has 2 aromatic rings. The van der Waals surface area contributed by atoms with E-state index in [2.05, 4.69) is 32.3 Å². The van der Waals surface area contributed by atoms with E-state index in [0.29, 0.717) is 12.8 Å². The maximum atomic E-state index is 12.3. The number of aliphatic imine (C=N–C) groups is 1. The molecule has 0 unspecified atom stereocenters.